The van der Waals surface area contributed by atoms with Gasteiger partial charge in [-0.2, -0.15) is 0 Å². The molecule has 21 heavy (non-hydrogen) atoms. The van der Waals surface area contributed by atoms with Crippen molar-refractivity contribution in [2.75, 3.05) is 0 Å². The quantitative estimate of drug-likeness (QED) is 0.657. The van der Waals surface area contributed by atoms with Crippen LogP contribution in [-0.4, -0.2) is 5.78 Å². The van der Waals surface area contributed by atoms with Crippen LogP contribution in [0, 0.1) is 47.3 Å². The Morgan fingerprint density at radius 1 is 0.762 bits per heavy atom. The summed E-state index contributed by atoms with van der Waals surface area (Å²) >= 11 is 0. The molecule has 7 unspecified atom stereocenters. The minimum Gasteiger partial charge on any atom is -0.300 e. The number of fused-ring (bicyclic) bond motifs is 5. The van der Waals surface area contributed by atoms with Crippen molar-refractivity contribution in [3.05, 3.63) is 0 Å². The summed E-state index contributed by atoms with van der Waals surface area (Å²) in [4.78, 5) is 11.8. The molecule has 0 aliphatic heterocycles. The molecular formula is C20H32O. The van der Waals surface area contributed by atoms with Crippen LogP contribution in [0.2, 0.25) is 0 Å². The van der Waals surface area contributed by atoms with Crippen LogP contribution in [0.15, 0.2) is 0 Å². The topological polar surface area (TPSA) is 17.1 Å². The Labute approximate surface area is 130 Å². The first-order valence-corrected chi connectivity index (χ1v) is 9.67. The molecule has 0 bridgehead atoms. The van der Waals surface area contributed by atoms with Gasteiger partial charge in [-0.25, -0.2) is 0 Å². The molecule has 0 saturated heterocycles. The van der Waals surface area contributed by atoms with Gasteiger partial charge in [-0.15, -0.1) is 0 Å². The molecule has 4 fully saturated rings. The van der Waals surface area contributed by atoms with Crippen molar-refractivity contribution in [3.8, 4) is 0 Å². The van der Waals surface area contributed by atoms with Crippen molar-refractivity contribution in [2.24, 2.45) is 47.3 Å². The SMILES string of the molecule is CC(C)C1CCC2C1CCC1C3CCC(=O)CC3CCC12. The van der Waals surface area contributed by atoms with E-state index in [0.29, 0.717) is 5.78 Å². The Morgan fingerprint density at radius 3 is 2.19 bits per heavy atom. The maximum absolute atomic E-state index is 11.8. The van der Waals surface area contributed by atoms with Crippen LogP contribution in [0.4, 0.5) is 0 Å². The van der Waals surface area contributed by atoms with Crippen molar-refractivity contribution in [3.63, 3.8) is 0 Å². The molecule has 4 rings (SSSR count). The molecule has 1 heteroatoms. The molecule has 0 N–H and O–H groups in total. The molecule has 4 aliphatic rings. The predicted octanol–water partition coefficient (Wildman–Crippen LogP) is 5.09. The van der Waals surface area contributed by atoms with E-state index in [1.807, 2.05) is 0 Å². The van der Waals surface area contributed by atoms with Gasteiger partial charge in [-0.1, -0.05) is 13.8 Å². The maximum atomic E-state index is 11.8. The monoisotopic (exact) mass is 288 g/mol. The maximum Gasteiger partial charge on any atom is 0.133 e. The summed E-state index contributed by atoms with van der Waals surface area (Å²) in [6.45, 7) is 4.89. The Balaban J connectivity index is 1.51. The Hall–Kier alpha value is -0.330. The number of carbonyl (C=O) groups excluding carboxylic acids is 1. The van der Waals surface area contributed by atoms with Crippen LogP contribution >= 0.6 is 0 Å². The highest BCUT2D eigenvalue weighted by Gasteiger charge is 2.51. The second-order valence-electron chi connectivity index (χ2n) is 9.00. The molecule has 7 atom stereocenters. The summed E-state index contributed by atoms with van der Waals surface area (Å²) in [5.41, 5.74) is 0. The summed E-state index contributed by atoms with van der Waals surface area (Å²) in [6.07, 6.45) is 11.9. The van der Waals surface area contributed by atoms with Crippen LogP contribution in [0.3, 0.4) is 0 Å². The first kappa shape index (κ1) is 14.3. The first-order valence-electron chi connectivity index (χ1n) is 9.67. The molecule has 118 valence electrons. The summed E-state index contributed by atoms with van der Waals surface area (Å²) in [5, 5.41) is 0. The fourth-order valence-corrected chi connectivity index (χ4v) is 7.19. The van der Waals surface area contributed by atoms with Gasteiger partial charge in [0.1, 0.15) is 5.78 Å². The zero-order chi connectivity index (χ0) is 14.6. The predicted molar refractivity (Wildman–Crippen MR) is 85.8 cm³/mol. The Bertz CT molecular complexity index is 412. The third-order valence-electron chi connectivity index (χ3n) is 8.00. The average molecular weight is 288 g/mol. The highest BCUT2D eigenvalue weighted by molar-refractivity contribution is 5.79. The lowest BCUT2D eigenvalue weighted by Crippen LogP contribution is -2.45. The van der Waals surface area contributed by atoms with Gasteiger partial charge < -0.3 is 0 Å². The summed E-state index contributed by atoms with van der Waals surface area (Å²) in [5.74, 6) is 8.27. The molecule has 0 spiro atoms. The van der Waals surface area contributed by atoms with Crippen LogP contribution in [-0.2, 0) is 4.79 Å². The number of ketones is 1. The molecule has 0 aromatic carbocycles. The van der Waals surface area contributed by atoms with Gasteiger partial charge in [0.05, 0.1) is 0 Å². The third kappa shape index (κ3) is 2.30. The molecule has 4 aliphatic carbocycles. The largest absolute Gasteiger partial charge is 0.300 e. The van der Waals surface area contributed by atoms with Crippen molar-refractivity contribution in [1.29, 1.82) is 0 Å². The molecule has 0 amide bonds. The van der Waals surface area contributed by atoms with Crippen molar-refractivity contribution < 1.29 is 4.79 Å². The van der Waals surface area contributed by atoms with Gasteiger partial charge in [0.25, 0.3) is 0 Å². The second-order valence-corrected chi connectivity index (χ2v) is 9.00. The van der Waals surface area contributed by atoms with E-state index in [0.717, 1.165) is 60.2 Å². The zero-order valence-electron chi connectivity index (χ0n) is 13.9. The van der Waals surface area contributed by atoms with Crippen LogP contribution in [0.1, 0.15) is 71.6 Å². The summed E-state index contributed by atoms with van der Waals surface area (Å²) in [6, 6.07) is 0. The molecular weight excluding hydrogens is 256 g/mol. The molecule has 1 nitrogen and oxygen atoms in total. The van der Waals surface area contributed by atoms with Gasteiger partial charge in [0, 0.05) is 12.8 Å². The van der Waals surface area contributed by atoms with E-state index in [9.17, 15) is 4.79 Å². The number of rotatable bonds is 1. The van der Waals surface area contributed by atoms with Gasteiger partial charge >= 0.3 is 0 Å². The zero-order valence-corrected chi connectivity index (χ0v) is 13.9. The standard InChI is InChI=1S/C20H32O/c1-12(2)15-7-8-20-17(15)9-10-18-16-6-4-14(21)11-13(16)3-5-19(18)20/h12-13,15-20H,3-11H2,1-2H3. The number of Topliss-reactive ketones (excluding diaryl/α,β-unsaturated/α-hetero) is 1. The van der Waals surface area contributed by atoms with Gasteiger partial charge in [0.15, 0.2) is 0 Å². The minimum atomic E-state index is 0.559. The van der Waals surface area contributed by atoms with E-state index in [-0.39, 0.29) is 0 Å². The second kappa shape index (κ2) is 5.39. The normalized spacial score (nSPS) is 49.7. The summed E-state index contributed by atoms with van der Waals surface area (Å²) in [7, 11) is 0. The Morgan fingerprint density at radius 2 is 1.38 bits per heavy atom. The van der Waals surface area contributed by atoms with Crippen molar-refractivity contribution in [1.82, 2.24) is 0 Å². The van der Waals surface area contributed by atoms with Crippen molar-refractivity contribution in [2.45, 2.75) is 71.6 Å². The van der Waals surface area contributed by atoms with E-state index in [4.69, 9.17) is 0 Å². The van der Waals surface area contributed by atoms with Crippen molar-refractivity contribution >= 4 is 5.78 Å². The molecule has 0 aromatic rings. The Kier molecular flexibility index (Phi) is 3.66. The van der Waals surface area contributed by atoms with E-state index in [1.54, 1.807) is 0 Å². The van der Waals surface area contributed by atoms with E-state index in [1.165, 1.54) is 44.9 Å². The molecule has 0 aromatic heterocycles. The van der Waals surface area contributed by atoms with E-state index < -0.39 is 0 Å². The number of hydrogen-bond donors (Lipinski definition) is 0. The van der Waals surface area contributed by atoms with E-state index in [2.05, 4.69) is 13.8 Å². The molecule has 4 saturated carbocycles. The highest BCUT2D eigenvalue weighted by atomic mass is 16.1. The molecule has 0 radical (unpaired) electrons. The van der Waals surface area contributed by atoms with Gasteiger partial charge in [-0.05, 0) is 92.3 Å². The smallest absolute Gasteiger partial charge is 0.133 e. The van der Waals surface area contributed by atoms with Crippen LogP contribution < -0.4 is 0 Å². The molecule has 0 heterocycles. The fourth-order valence-electron chi connectivity index (χ4n) is 7.19. The average Bonchev–Trinajstić information content (AvgIpc) is 2.90. The first-order chi connectivity index (χ1) is 10.1. The number of carbonyl (C=O) groups is 1. The summed E-state index contributed by atoms with van der Waals surface area (Å²) < 4.78 is 0. The lowest BCUT2D eigenvalue weighted by molar-refractivity contribution is -0.126. The fraction of sp³-hybridized carbons (Fsp3) is 0.950. The third-order valence-corrected chi connectivity index (χ3v) is 8.00. The van der Waals surface area contributed by atoms with Crippen LogP contribution in [0.5, 0.6) is 0 Å². The number of hydrogen-bond acceptors (Lipinski definition) is 1. The lowest BCUT2D eigenvalue weighted by atomic mass is 9.53. The van der Waals surface area contributed by atoms with Gasteiger partial charge in [-0.3, -0.25) is 4.79 Å². The lowest BCUT2D eigenvalue weighted by Gasteiger charge is -2.52. The van der Waals surface area contributed by atoms with Crippen LogP contribution in [0.25, 0.3) is 0 Å². The highest BCUT2D eigenvalue weighted by Crippen LogP contribution is 2.59. The van der Waals surface area contributed by atoms with E-state index >= 15 is 0 Å². The minimum absolute atomic E-state index is 0.559. The van der Waals surface area contributed by atoms with Gasteiger partial charge in [0.2, 0.25) is 0 Å².